The summed E-state index contributed by atoms with van der Waals surface area (Å²) in [5.74, 6) is 0.900. The van der Waals surface area contributed by atoms with E-state index in [2.05, 4.69) is 33.3 Å². The number of likely N-dealkylation sites (N-methyl/N-ethyl adjacent to an activating group) is 1. The summed E-state index contributed by atoms with van der Waals surface area (Å²) in [4.78, 5) is 4.37. The van der Waals surface area contributed by atoms with Crippen LogP contribution in [-0.2, 0) is 18.7 Å². The third-order valence-corrected chi connectivity index (χ3v) is 5.54. The first-order chi connectivity index (χ1) is 14.4. The van der Waals surface area contributed by atoms with Crippen molar-refractivity contribution in [1.82, 2.24) is 20.0 Å². The van der Waals surface area contributed by atoms with Gasteiger partial charge in [0.1, 0.15) is 12.4 Å². The minimum atomic E-state index is -0.916. The largest absolute Gasteiger partial charge is 0.492 e. The smallest absolute Gasteiger partial charge is 0.123 e. The number of nitrogens with one attached hydrogen (secondary N) is 1. The lowest BCUT2D eigenvalue weighted by Gasteiger charge is -2.28. The van der Waals surface area contributed by atoms with Crippen LogP contribution in [0.25, 0.3) is 11.3 Å². The molecule has 6 heteroatoms. The van der Waals surface area contributed by atoms with Gasteiger partial charge >= 0.3 is 0 Å². The Morgan fingerprint density at radius 3 is 2.77 bits per heavy atom. The fraction of sp³-hybridized carbons (Fsp3) is 0.375. The Morgan fingerprint density at radius 1 is 1.20 bits per heavy atom. The highest BCUT2D eigenvalue weighted by molar-refractivity contribution is 5.62. The van der Waals surface area contributed by atoms with Gasteiger partial charge in [0.15, 0.2) is 0 Å². The molecule has 2 heterocycles. The maximum Gasteiger partial charge on any atom is 0.123 e. The summed E-state index contributed by atoms with van der Waals surface area (Å²) >= 11 is 0. The van der Waals surface area contributed by atoms with E-state index in [4.69, 9.17) is 4.74 Å². The van der Waals surface area contributed by atoms with Crippen LogP contribution in [0, 0.1) is 0 Å². The number of hydrogen-bond acceptors (Lipinski definition) is 5. The van der Waals surface area contributed by atoms with Gasteiger partial charge < -0.3 is 14.7 Å². The minimum Gasteiger partial charge on any atom is -0.492 e. The summed E-state index contributed by atoms with van der Waals surface area (Å²) in [6, 6.07) is 16.3. The molecule has 2 aromatic carbocycles. The van der Waals surface area contributed by atoms with Gasteiger partial charge in [-0.3, -0.25) is 10.00 Å². The van der Waals surface area contributed by atoms with Crippen LogP contribution in [0.2, 0.25) is 0 Å². The van der Waals surface area contributed by atoms with E-state index in [0.717, 1.165) is 47.8 Å². The second kappa shape index (κ2) is 8.60. The van der Waals surface area contributed by atoms with Crippen LogP contribution in [0.3, 0.4) is 0 Å². The molecule has 1 aliphatic rings. The molecule has 1 aliphatic heterocycles. The van der Waals surface area contributed by atoms with Crippen molar-refractivity contribution in [2.75, 3.05) is 33.8 Å². The normalized spacial score (nSPS) is 16.6. The van der Waals surface area contributed by atoms with Crippen molar-refractivity contribution in [1.29, 1.82) is 0 Å². The number of aliphatic hydroxyl groups is 1. The quantitative estimate of drug-likeness (QED) is 0.658. The average molecular weight is 407 g/mol. The number of fused-ring (bicyclic) bond motifs is 1. The molecule has 1 atom stereocenters. The predicted molar refractivity (Wildman–Crippen MR) is 118 cm³/mol. The number of aromatic amines is 1. The summed E-state index contributed by atoms with van der Waals surface area (Å²) in [6.07, 6.45) is 1.91. The number of nitrogens with zero attached hydrogens (tertiary/aromatic N) is 3. The van der Waals surface area contributed by atoms with Gasteiger partial charge in [0, 0.05) is 37.3 Å². The van der Waals surface area contributed by atoms with Crippen LogP contribution in [0.5, 0.6) is 5.75 Å². The first kappa shape index (κ1) is 20.6. The van der Waals surface area contributed by atoms with E-state index in [1.807, 2.05) is 62.4 Å². The summed E-state index contributed by atoms with van der Waals surface area (Å²) in [5, 5.41) is 18.4. The molecule has 0 saturated carbocycles. The lowest BCUT2D eigenvalue weighted by molar-refractivity contribution is 0.0299. The average Bonchev–Trinajstić information content (AvgIpc) is 3.06. The molecule has 2 N–H and O–H groups in total. The molecule has 0 aliphatic carbocycles. The number of H-pyrrole nitrogens is 1. The van der Waals surface area contributed by atoms with Crippen molar-refractivity contribution in [2.24, 2.45) is 0 Å². The molecule has 0 fully saturated rings. The molecule has 0 spiro atoms. The van der Waals surface area contributed by atoms with E-state index in [1.54, 1.807) is 0 Å². The van der Waals surface area contributed by atoms with Crippen LogP contribution in [0.15, 0.2) is 54.7 Å². The maximum atomic E-state index is 11.0. The van der Waals surface area contributed by atoms with Crippen LogP contribution in [-0.4, -0.2) is 58.9 Å². The SMILES string of the molecule is CN(C)CC(C)(O)c1ccc2c(c1)CN(Cc1cn[nH]c1-c1ccccc1)CCO2. The van der Waals surface area contributed by atoms with Crippen molar-refractivity contribution in [3.63, 3.8) is 0 Å². The lowest BCUT2D eigenvalue weighted by atomic mass is 9.93. The van der Waals surface area contributed by atoms with E-state index in [9.17, 15) is 5.11 Å². The summed E-state index contributed by atoms with van der Waals surface area (Å²) in [7, 11) is 3.94. The van der Waals surface area contributed by atoms with Crippen molar-refractivity contribution in [3.05, 3.63) is 71.4 Å². The van der Waals surface area contributed by atoms with Crippen molar-refractivity contribution in [3.8, 4) is 17.0 Å². The highest BCUT2D eigenvalue weighted by Gasteiger charge is 2.26. The molecule has 3 aromatic rings. The van der Waals surface area contributed by atoms with Gasteiger partial charge in [-0.25, -0.2) is 0 Å². The topological polar surface area (TPSA) is 64.6 Å². The van der Waals surface area contributed by atoms with Crippen LogP contribution in [0.1, 0.15) is 23.6 Å². The standard InChI is InChI=1S/C24H30N4O2/c1-24(29,17-27(2)3)21-9-10-22-19(13-21)15-28(11-12-30-22)16-20-14-25-26-23(20)18-7-5-4-6-8-18/h4-10,13-14,29H,11-12,15-17H2,1-3H3,(H,25,26). The van der Waals surface area contributed by atoms with E-state index in [0.29, 0.717) is 13.2 Å². The zero-order chi connectivity index (χ0) is 21.1. The van der Waals surface area contributed by atoms with Crippen molar-refractivity contribution < 1.29 is 9.84 Å². The Labute approximate surface area is 178 Å². The van der Waals surface area contributed by atoms with E-state index >= 15 is 0 Å². The van der Waals surface area contributed by atoms with Gasteiger partial charge in [-0.1, -0.05) is 36.4 Å². The monoisotopic (exact) mass is 406 g/mol. The first-order valence-electron chi connectivity index (χ1n) is 10.4. The molecule has 0 bridgehead atoms. The van der Waals surface area contributed by atoms with Crippen LogP contribution >= 0.6 is 0 Å². The Balaban J connectivity index is 1.56. The molecule has 0 amide bonds. The van der Waals surface area contributed by atoms with Crippen molar-refractivity contribution in [2.45, 2.75) is 25.6 Å². The van der Waals surface area contributed by atoms with Gasteiger partial charge in [-0.2, -0.15) is 5.10 Å². The van der Waals surface area contributed by atoms with Gasteiger partial charge in [-0.15, -0.1) is 0 Å². The highest BCUT2D eigenvalue weighted by Crippen LogP contribution is 2.31. The summed E-state index contributed by atoms with van der Waals surface area (Å²) in [6.45, 7) is 5.44. The Morgan fingerprint density at radius 2 is 2.00 bits per heavy atom. The van der Waals surface area contributed by atoms with E-state index < -0.39 is 5.60 Å². The molecular weight excluding hydrogens is 376 g/mol. The lowest BCUT2D eigenvalue weighted by Crippen LogP contribution is -2.34. The predicted octanol–water partition coefficient (Wildman–Crippen LogP) is 3.24. The molecule has 0 radical (unpaired) electrons. The zero-order valence-electron chi connectivity index (χ0n) is 17.9. The van der Waals surface area contributed by atoms with Crippen molar-refractivity contribution >= 4 is 0 Å². The van der Waals surface area contributed by atoms with E-state index in [-0.39, 0.29) is 0 Å². The van der Waals surface area contributed by atoms with Gasteiger partial charge in [0.05, 0.1) is 17.5 Å². The second-order valence-electron chi connectivity index (χ2n) is 8.53. The van der Waals surface area contributed by atoms with Gasteiger partial charge in [0.2, 0.25) is 0 Å². The fourth-order valence-corrected chi connectivity index (χ4v) is 4.15. The minimum absolute atomic E-state index is 0.561. The summed E-state index contributed by atoms with van der Waals surface area (Å²) < 4.78 is 6.00. The molecule has 4 rings (SSSR count). The molecule has 0 saturated heterocycles. The fourth-order valence-electron chi connectivity index (χ4n) is 4.15. The molecule has 1 unspecified atom stereocenters. The maximum absolute atomic E-state index is 11.0. The highest BCUT2D eigenvalue weighted by atomic mass is 16.5. The van der Waals surface area contributed by atoms with Gasteiger partial charge in [-0.05, 0) is 44.3 Å². The van der Waals surface area contributed by atoms with Gasteiger partial charge in [0.25, 0.3) is 0 Å². The van der Waals surface area contributed by atoms with Crippen LogP contribution < -0.4 is 4.74 Å². The molecular formula is C24H30N4O2. The first-order valence-corrected chi connectivity index (χ1v) is 10.4. The number of ether oxygens (including phenoxy) is 1. The number of hydrogen-bond donors (Lipinski definition) is 2. The third-order valence-electron chi connectivity index (χ3n) is 5.54. The van der Waals surface area contributed by atoms with Crippen LogP contribution in [0.4, 0.5) is 0 Å². The zero-order valence-corrected chi connectivity index (χ0v) is 17.9. The number of rotatable bonds is 6. The summed E-state index contributed by atoms with van der Waals surface area (Å²) in [5.41, 5.74) is 4.46. The second-order valence-corrected chi connectivity index (χ2v) is 8.53. The molecule has 6 nitrogen and oxygen atoms in total. The Kier molecular flexibility index (Phi) is 5.90. The molecule has 1 aromatic heterocycles. The number of aromatic nitrogens is 2. The third kappa shape index (κ3) is 4.56. The molecule has 30 heavy (non-hydrogen) atoms. The Bertz CT molecular complexity index is 982. The number of benzene rings is 2. The van der Waals surface area contributed by atoms with E-state index in [1.165, 1.54) is 5.56 Å². The Hall–Kier alpha value is -2.67. The molecule has 158 valence electrons.